The van der Waals surface area contributed by atoms with E-state index in [-0.39, 0.29) is 11.4 Å². The molecule has 0 spiro atoms. The minimum atomic E-state index is -3.75. The standard InChI is InChI=1S/C15H17FN2O2S/c1-3-18(13-6-4-5-12(16)10-13)21(19,20)14-7-8-15(17)11(2)9-14/h4-10H,3,17H2,1-2H3. The smallest absolute Gasteiger partial charge is 0.264 e. The lowest BCUT2D eigenvalue weighted by Gasteiger charge is -2.23. The maximum Gasteiger partial charge on any atom is 0.264 e. The summed E-state index contributed by atoms with van der Waals surface area (Å²) in [6.45, 7) is 3.65. The van der Waals surface area contributed by atoms with Crippen LogP contribution in [0.4, 0.5) is 15.8 Å². The molecule has 0 aliphatic rings. The van der Waals surface area contributed by atoms with Crippen molar-refractivity contribution in [3.05, 3.63) is 53.8 Å². The van der Waals surface area contributed by atoms with Gasteiger partial charge in [-0.1, -0.05) is 6.07 Å². The summed E-state index contributed by atoms with van der Waals surface area (Å²) in [5.74, 6) is -0.477. The van der Waals surface area contributed by atoms with Gasteiger partial charge in [-0.25, -0.2) is 12.8 Å². The number of hydrogen-bond donors (Lipinski definition) is 1. The van der Waals surface area contributed by atoms with E-state index in [0.717, 1.165) is 0 Å². The first kappa shape index (κ1) is 15.3. The fraction of sp³-hybridized carbons (Fsp3) is 0.200. The average molecular weight is 308 g/mol. The predicted molar refractivity (Wildman–Crippen MR) is 82.2 cm³/mol. The van der Waals surface area contributed by atoms with Crippen LogP contribution in [0.1, 0.15) is 12.5 Å². The van der Waals surface area contributed by atoms with E-state index in [1.165, 1.54) is 34.6 Å². The maximum absolute atomic E-state index is 13.3. The third-order valence-corrected chi connectivity index (χ3v) is 5.11. The maximum atomic E-state index is 13.3. The van der Waals surface area contributed by atoms with E-state index < -0.39 is 15.8 Å². The van der Waals surface area contributed by atoms with Crippen LogP contribution in [0.2, 0.25) is 0 Å². The van der Waals surface area contributed by atoms with Gasteiger partial charge in [-0.2, -0.15) is 0 Å². The van der Waals surface area contributed by atoms with Crippen LogP contribution in [0, 0.1) is 12.7 Å². The highest BCUT2D eigenvalue weighted by Gasteiger charge is 2.24. The van der Waals surface area contributed by atoms with Crippen molar-refractivity contribution in [3.8, 4) is 0 Å². The molecule has 21 heavy (non-hydrogen) atoms. The first-order valence-corrected chi connectivity index (χ1v) is 7.94. The van der Waals surface area contributed by atoms with Gasteiger partial charge in [-0.3, -0.25) is 4.31 Å². The van der Waals surface area contributed by atoms with Gasteiger partial charge in [0.15, 0.2) is 0 Å². The van der Waals surface area contributed by atoms with Crippen LogP contribution in [0.15, 0.2) is 47.4 Å². The second-order valence-electron chi connectivity index (χ2n) is 4.67. The summed E-state index contributed by atoms with van der Waals surface area (Å²) in [6.07, 6.45) is 0. The van der Waals surface area contributed by atoms with Crippen molar-refractivity contribution in [3.63, 3.8) is 0 Å². The molecule has 6 heteroatoms. The Labute approximate surface area is 124 Å². The van der Waals surface area contributed by atoms with E-state index in [4.69, 9.17) is 5.73 Å². The molecule has 0 aromatic heterocycles. The number of benzene rings is 2. The molecule has 4 nitrogen and oxygen atoms in total. The summed E-state index contributed by atoms with van der Waals surface area (Å²) in [5.41, 5.74) is 7.23. The van der Waals surface area contributed by atoms with E-state index >= 15 is 0 Å². The highest BCUT2D eigenvalue weighted by atomic mass is 32.2. The average Bonchev–Trinajstić information content (AvgIpc) is 2.42. The summed E-state index contributed by atoms with van der Waals surface area (Å²) in [4.78, 5) is 0.139. The number of nitrogens with two attached hydrogens (primary N) is 1. The summed E-state index contributed by atoms with van der Waals surface area (Å²) in [5, 5.41) is 0. The second-order valence-corrected chi connectivity index (χ2v) is 6.53. The molecule has 0 aliphatic heterocycles. The fourth-order valence-corrected chi connectivity index (χ4v) is 3.61. The fourth-order valence-electron chi connectivity index (χ4n) is 2.06. The molecule has 0 unspecified atom stereocenters. The molecular weight excluding hydrogens is 291 g/mol. The van der Waals surface area contributed by atoms with Crippen molar-refractivity contribution in [1.29, 1.82) is 0 Å². The quantitative estimate of drug-likeness (QED) is 0.883. The molecule has 2 aromatic carbocycles. The molecule has 0 radical (unpaired) electrons. The van der Waals surface area contributed by atoms with Gasteiger partial charge >= 0.3 is 0 Å². The summed E-state index contributed by atoms with van der Waals surface area (Å²) in [7, 11) is -3.75. The molecule has 0 fully saturated rings. The minimum Gasteiger partial charge on any atom is -0.399 e. The van der Waals surface area contributed by atoms with Crippen LogP contribution >= 0.6 is 0 Å². The third-order valence-electron chi connectivity index (χ3n) is 3.21. The van der Waals surface area contributed by atoms with Crippen LogP contribution in [-0.4, -0.2) is 15.0 Å². The molecule has 2 N–H and O–H groups in total. The van der Waals surface area contributed by atoms with Gasteiger partial charge in [-0.05, 0) is 55.8 Å². The van der Waals surface area contributed by atoms with Gasteiger partial charge in [0.2, 0.25) is 0 Å². The first-order chi connectivity index (χ1) is 9.86. The zero-order chi connectivity index (χ0) is 15.6. The third kappa shape index (κ3) is 3.00. The number of halogens is 1. The topological polar surface area (TPSA) is 63.4 Å². The number of anilines is 2. The lowest BCUT2D eigenvalue weighted by atomic mass is 10.2. The van der Waals surface area contributed by atoms with Crippen LogP contribution in [0.3, 0.4) is 0 Å². The van der Waals surface area contributed by atoms with Crippen LogP contribution < -0.4 is 10.0 Å². The van der Waals surface area contributed by atoms with Gasteiger partial charge in [0, 0.05) is 12.2 Å². The Hall–Kier alpha value is -2.08. The number of nitrogens with zero attached hydrogens (tertiary/aromatic N) is 1. The van der Waals surface area contributed by atoms with Gasteiger partial charge < -0.3 is 5.73 Å². The summed E-state index contributed by atoms with van der Waals surface area (Å²) >= 11 is 0. The monoisotopic (exact) mass is 308 g/mol. The summed E-state index contributed by atoms with van der Waals surface area (Å²) in [6, 6.07) is 10.1. The summed E-state index contributed by atoms with van der Waals surface area (Å²) < 4.78 is 39.9. The number of hydrogen-bond acceptors (Lipinski definition) is 3. The molecule has 0 saturated carbocycles. The SMILES string of the molecule is CCN(c1cccc(F)c1)S(=O)(=O)c1ccc(N)c(C)c1. The first-order valence-electron chi connectivity index (χ1n) is 6.50. The Kier molecular flexibility index (Phi) is 4.18. The largest absolute Gasteiger partial charge is 0.399 e. The molecule has 0 amide bonds. The lowest BCUT2D eigenvalue weighted by Crippen LogP contribution is -2.30. The molecule has 0 atom stereocenters. The van der Waals surface area contributed by atoms with Crippen molar-refractivity contribution in [1.82, 2.24) is 0 Å². The van der Waals surface area contributed by atoms with E-state index in [1.807, 2.05) is 0 Å². The van der Waals surface area contributed by atoms with Crippen molar-refractivity contribution < 1.29 is 12.8 Å². The van der Waals surface area contributed by atoms with Gasteiger partial charge in [0.1, 0.15) is 5.82 Å². The van der Waals surface area contributed by atoms with E-state index in [2.05, 4.69) is 0 Å². The van der Waals surface area contributed by atoms with Crippen molar-refractivity contribution in [2.45, 2.75) is 18.7 Å². The van der Waals surface area contributed by atoms with Crippen LogP contribution in [0.25, 0.3) is 0 Å². The molecule has 0 aliphatic carbocycles. The second kappa shape index (κ2) is 5.73. The molecule has 0 saturated heterocycles. The van der Waals surface area contributed by atoms with E-state index in [0.29, 0.717) is 16.9 Å². The zero-order valence-corrected chi connectivity index (χ0v) is 12.7. The van der Waals surface area contributed by atoms with Gasteiger partial charge in [-0.15, -0.1) is 0 Å². The molecular formula is C15H17FN2O2S. The number of aryl methyl sites for hydroxylation is 1. The van der Waals surface area contributed by atoms with Gasteiger partial charge in [0.05, 0.1) is 10.6 Å². The van der Waals surface area contributed by atoms with Crippen LogP contribution in [0.5, 0.6) is 0 Å². The Morgan fingerprint density at radius 1 is 1.19 bits per heavy atom. The van der Waals surface area contributed by atoms with E-state index in [1.54, 1.807) is 26.0 Å². The lowest BCUT2D eigenvalue weighted by molar-refractivity contribution is 0.591. The molecule has 2 aromatic rings. The molecule has 2 rings (SSSR count). The number of sulfonamides is 1. The Balaban J connectivity index is 2.51. The highest BCUT2D eigenvalue weighted by Crippen LogP contribution is 2.25. The molecule has 112 valence electrons. The van der Waals surface area contributed by atoms with E-state index in [9.17, 15) is 12.8 Å². The van der Waals surface area contributed by atoms with Crippen molar-refractivity contribution >= 4 is 21.4 Å². The van der Waals surface area contributed by atoms with Crippen LogP contribution in [-0.2, 0) is 10.0 Å². The molecule has 0 heterocycles. The number of rotatable bonds is 4. The van der Waals surface area contributed by atoms with Crippen molar-refractivity contribution in [2.24, 2.45) is 0 Å². The molecule has 0 bridgehead atoms. The Morgan fingerprint density at radius 3 is 2.48 bits per heavy atom. The normalized spacial score (nSPS) is 11.4. The highest BCUT2D eigenvalue weighted by molar-refractivity contribution is 7.92. The minimum absolute atomic E-state index is 0.139. The van der Waals surface area contributed by atoms with Gasteiger partial charge in [0.25, 0.3) is 10.0 Å². The Bertz CT molecular complexity index is 760. The Morgan fingerprint density at radius 2 is 1.90 bits per heavy atom. The predicted octanol–water partition coefficient (Wildman–Crippen LogP) is 2.93. The number of nitrogen functional groups attached to an aromatic ring is 1. The zero-order valence-electron chi connectivity index (χ0n) is 11.9. The van der Waals surface area contributed by atoms with Crippen molar-refractivity contribution in [2.75, 3.05) is 16.6 Å².